The van der Waals surface area contributed by atoms with E-state index in [4.69, 9.17) is 5.39 Å². The molecule has 0 atom stereocenters. The van der Waals surface area contributed by atoms with Crippen LogP contribution in [0.4, 0.5) is 5.69 Å². The Morgan fingerprint density at radius 1 is 1.43 bits per heavy atom. The molecule has 14 heavy (non-hydrogen) atoms. The Bertz CT molecular complexity index is 548. The predicted molar refractivity (Wildman–Crippen MR) is 51.8 cm³/mol. The molecule has 0 bridgehead atoms. The molecule has 0 spiro atoms. The lowest BCUT2D eigenvalue weighted by atomic mass is 10.2. The molecule has 4 heteroatoms. The number of hydrogen-bond donors (Lipinski definition) is 0. The molecule has 70 valence electrons. The van der Waals surface area contributed by atoms with Gasteiger partial charge in [-0.15, -0.1) is 0 Å². The maximum absolute atomic E-state index is 11.5. The van der Waals surface area contributed by atoms with Crippen molar-refractivity contribution in [3.8, 4) is 5.88 Å². The SMILES string of the molecule is Cc1ccc2c([N+]#N)c([O-])n(C)c2c1. The number of aromatic nitrogens is 1. The summed E-state index contributed by atoms with van der Waals surface area (Å²) in [5.41, 5.74) is 1.98. The summed E-state index contributed by atoms with van der Waals surface area (Å²) in [6.45, 7) is 1.95. The van der Waals surface area contributed by atoms with Crippen molar-refractivity contribution in [1.29, 1.82) is 5.39 Å². The van der Waals surface area contributed by atoms with Crippen LogP contribution in [-0.4, -0.2) is 4.57 Å². The fourth-order valence-corrected chi connectivity index (χ4v) is 1.60. The molecule has 0 saturated heterocycles. The Morgan fingerprint density at radius 3 is 2.79 bits per heavy atom. The lowest BCUT2D eigenvalue weighted by Crippen LogP contribution is -1.97. The van der Waals surface area contributed by atoms with Gasteiger partial charge in [0.05, 0.1) is 16.8 Å². The number of rotatable bonds is 0. The maximum Gasteiger partial charge on any atom is 0.402 e. The molecule has 2 aromatic rings. The zero-order valence-corrected chi connectivity index (χ0v) is 7.98. The molecule has 0 saturated carbocycles. The fraction of sp³-hybridized carbons (Fsp3) is 0.200. The summed E-state index contributed by atoms with van der Waals surface area (Å²) in [4.78, 5) is 3.02. The average Bonchev–Trinajstić information content (AvgIpc) is 2.41. The topological polar surface area (TPSA) is 56.1 Å². The zero-order chi connectivity index (χ0) is 10.3. The molecule has 0 N–H and O–H groups in total. The summed E-state index contributed by atoms with van der Waals surface area (Å²) in [6, 6.07) is 5.57. The minimum Gasteiger partial charge on any atom is -0.854 e. The van der Waals surface area contributed by atoms with Crippen molar-refractivity contribution in [2.24, 2.45) is 7.05 Å². The van der Waals surface area contributed by atoms with Crippen molar-refractivity contribution in [3.63, 3.8) is 0 Å². The summed E-state index contributed by atoms with van der Waals surface area (Å²) in [7, 11) is 1.67. The first kappa shape index (κ1) is 8.57. The Labute approximate surface area is 81.0 Å². The van der Waals surface area contributed by atoms with E-state index in [1.807, 2.05) is 19.1 Å². The Morgan fingerprint density at radius 2 is 2.14 bits per heavy atom. The Hall–Kier alpha value is -2.02. The van der Waals surface area contributed by atoms with Gasteiger partial charge >= 0.3 is 5.69 Å². The van der Waals surface area contributed by atoms with Gasteiger partial charge < -0.3 is 9.67 Å². The second-order valence-corrected chi connectivity index (χ2v) is 3.33. The van der Waals surface area contributed by atoms with E-state index >= 15 is 0 Å². The molecule has 2 rings (SSSR count). The highest BCUT2D eigenvalue weighted by Gasteiger charge is 2.18. The van der Waals surface area contributed by atoms with Crippen LogP contribution in [0, 0.1) is 12.3 Å². The third kappa shape index (κ3) is 0.958. The summed E-state index contributed by atoms with van der Waals surface area (Å²) in [6.07, 6.45) is 0. The smallest absolute Gasteiger partial charge is 0.402 e. The van der Waals surface area contributed by atoms with Gasteiger partial charge in [-0.1, -0.05) is 6.07 Å². The molecule has 0 aliphatic carbocycles. The molecular formula is C10H9N3O. The van der Waals surface area contributed by atoms with E-state index < -0.39 is 0 Å². The second-order valence-electron chi connectivity index (χ2n) is 3.33. The van der Waals surface area contributed by atoms with Crippen molar-refractivity contribution in [1.82, 2.24) is 4.57 Å². The van der Waals surface area contributed by atoms with E-state index in [1.165, 1.54) is 4.57 Å². The van der Waals surface area contributed by atoms with Gasteiger partial charge in [0, 0.05) is 7.05 Å². The fourth-order valence-electron chi connectivity index (χ4n) is 1.60. The summed E-state index contributed by atoms with van der Waals surface area (Å²) < 4.78 is 1.48. The van der Waals surface area contributed by atoms with Gasteiger partial charge in [-0.3, -0.25) is 0 Å². The highest BCUT2D eigenvalue weighted by atomic mass is 16.3. The average molecular weight is 187 g/mol. The Kier molecular flexibility index (Phi) is 1.68. The van der Waals surface area contributed by atoms with Crippen LogP contribution in [0.2, 0.25) is 0 Å². The van der Waals surface area contributed by atoms with Crippen molar-refractivity contribution in [3.05, 3.63) is 28.7 Å². The van der Waals surface area contributed by atoms with Crippen LogP contribution in [0.25, 0.3) is 15.9 Å². The van der Waals surface area contributed by atoms with Gasteiger partial charge in [0.15, 0.2) is 4.98 Å². The van der Waals surface area contributed by atoms with Crippen LogP contribution >= 0.6 is 0 Å². The van der Waals surface area contributed by atoms with E-state index in [9.17, 15) is 5.11 Å². The molecule has 1 aromatic carbocycles. The molecule has 4 nitrogen and oxygen atoms in total. The molecule has 1 aromatic heterocycles. The number of hydrogen-bond acceptors (Lipinski definition) is 2. The molecule has 0 fully saturated rings. The minimum absolute atomic E-state index is 0.113. The van der Waals surface area contributed by atoms with E-state index in [1.54, 1.807) is 13.1 Å². The quantitative estimate of drug-likeness (QED) is 0.592. The first-order valence-electron chi connectivity index (χ1n) is 4.26. The van der Waals surface area contributed by atoms with Crippen LogP contribution in [-0.2, 0) is 7.05 Å². The lowest BCUT2D eigenvalue weighted by Gasteiger charge is -2.03. The molecule has 0 aliphatic rings. The third-order valence-corrected chi connectivity index (χ3v) is 2.38. The first-order chi connectivity index (χ1) is 6.65. The van der Waals surface area contributed by atoms with Gasteiger partial charge in [-0.2, -0.15) is 0 Å². The lowest BCUT2D eigenvalue weighted by molar-refractivity contribution is -0.276. The van der Waals surface area contributed by atoms with E-state index in [0.717, 1.165) is 11.1 Å². The first-order valence-corrected chi connectivity index (χ1v) is 4.26. The van der Waals surface area contributed by atoms with Gasteiger partial charge in [0.1, 0.15) is 0 Å². The van der Waals surface area contributed by atoms with Crippen LogP contribution in [0.5, 0.6) is 5.88 Å². The molecule has 0 aliphatic heterocycles. The summed E-state index contributed by atoms with van der Waals surface area (Å²) in [5, 5.41) is 20.9. The van der Waals surface area contributed by atoms with Gasteiger partial charge in [0.25, 0.3) is 0 Å². The zero-order valence-electron chi connectivity index (χ0n) is 7.98. The summed E-state index contributed by atoms with van der Waals surface area (Å²) in [5.74, 6) is -0.270. The highest BCUT2D eigenvalue weighted by Crippen LogP contribution is 2.36. The van der Waals surface area contributed by atoms with Gasteiger partial charge in [-0.05, 0) is 24.6 Å². The van der Waals surface area contributed by atoms with Gasteiger partial charge in [-0.25, -0.2) is 0 Å². The molecule has 1 heterocycles. The normalized spacial score (nSPS) is 10.4. The number of nitrogens with zero attached hydrogens (tertiary/aromatic N) is 3. The second kappa shape index (κ2) is 2.74. The predicted octanol–water partition coefficient (Wildman–Crippen LogP) is 2.04. The standard InChI is InChI=1S/C10H9N3O/c1-6-3-4-7-8(5-6)13(2)10(14)9(7)12-11/h3-5H,1-2H3. The van der Waals surface area contributed by atoms with Crippen LogP contribution in [0.1, 0.15) is 5.56 Å². The number of fused-ring (bicyclic) bond motifs is 1. The van der Waals surface area contributed by atoms with E-state index in [-0.39, 0.29) is 11.6 Å². The number of diazo groups is 1. The van der Waals surface area contributed by atoms with Crippen molar-refractivity contribution in [2.75, 3.05) is 0 Å². The number of benzene rings is 1. The highest BCUT2D eigenvalue weighted by molar-refractivity contribution is 5.97. The van der Waals surface area contributed by atoms with Crippen LogP contribution < -0.4 is 5.11 Å². The van der Waals surface area contributed by atoms with E-state index in [0.29, 0.717) is 5.39 Å². The van der Waals surface area contributed by atoms with Crippen LogP contribution in [0.3, 0.4) is 0 Å². The largest absolute Gasteiger partial charge is 0.854 e. The molecule has 0 unspecified atom stereocenters. The van der Waals surface area contributed by atoms with Crippen LogP contribution in [0.15, 0.2) is 18.2 Å². The third-order valence-electron chi connectivity index (χ3n) is 2.38. The van der Waals surface area contributed by atoms with Crippen molar-refractivity contribution in [2.45, 2.75) is 6.92 Å². The minimum atomic E-state index is -0.270. The van der Waals surface area contributed by atoms with Crippen molar-refractivity contribution < 1.29 is 5.11 Å². The summed E-state index contributed by atoms with van der Waals surface area (Å²) >= 11 is 0. The maximum atomic E-state index is 11.5. The monoisotopic (exact) mass is 187 g/mol. The molecular weight excluding hydrogens is 178 g/mol. The molecule has 0 amide bonds. The van der Waals surface area contributed by atoms with E-state index in [2.05, 4.69) is 4.98 Å². The van der Waals surface area contributed by atoms with Crippen molar-refractivity contribution >= 4 is 16.6 Å². The number of aryl methyl sites for hydroxylation is 2. The molecule has 0 radical (unpaired) electrons. The Balaban J connectivity index is 2.97. The van der Waals surface area contributed by atoms with Gasteiger partial charge in [0.2, 0.25) is 5.39 Å².